The lowest BCUT2D eigenvalue weighted by atomic mass is 10.0. The molecule has 1 aliphatic heterocycles. The Morgan fingerprint density at radius 2 is 2.21 bits per heavy atom. The van der Waals surface area contributed by atoms with Crippen LogP contribution in [0.5, 0.6) is 0 Å². The summed E-state index contributed by atoms with van der Waals surface area (Å²) < 4.78 is 2.00. The van der Waals surface area contributed by atoms with Crippen molar-refractivity contribution in [2.75, 3.05) is 13.1 Å². The summed E-state index contributed by atoms with van der Waals surface area (Å²) in [6, 6.07) is -0.319. The number of aromatic nitrogens is 2. The van der Waals surface area contributed by atoms with Crippen LogP contribution in [0.3, 0.4) is 0 Å². The van der Waals surface area contributed by atoms with Crippen molar-refractivity contribution in [3.05, 3.63) is 18.2 Å². The lowest BCUT2D eigenvalue weighted by Crippen LogP contribution is -2.43. The van der Waals surface area contributed by atoms with E-state index in [0.717, 1.165) is 51.0 Å². The van der Waals surface area contributed by atoms with Gasteiger partial charge in [-0.05, 0) is 19.4 Å². The maximum Gasteiger partial charge on any atom is 0.320 e. The molecule has 2 rings (SSSR count). The molecular formula is C14H23N3O2. The molecule has 5 heteroatoms. The van der Waals surface area contributed by atoms with Gasteiger partial charge in [-0.3, -0.25) is 9.69 Å². The summed E-state index contributed by atoms with van der Waals surface area (Å²) in [6.07, 6.45) is 9.81. The molecule has 0 aromatic carbocycles. The van der Waals surface area contributed by atoms with Crippen molar-refractivity contribution in [2.24, 2.45) is 7.05 Å². The second-order valence-corrected chi connectivity index (χ2v) is 5.30. The van der Waals surface area contributed by atoms with Gasteiger partial charge in [-0.2, -0.15) is 0 Å². The smallest absolute Gasteiger partial charge is 0.320 e. The van der Waals surface area contributed by atoms with Crippen LogP contribution in [-0.4, -0.2) is 44.7 Å². The molecule has 1 saturated heterocycles. The number of hydrogen-bond acceptors (Lipinski definition) is 3. The number of carbonyl (C=O) groups is 1. The third-order valence-corrected chi connectivity index (χ3v) is 3.94. The number of nitrogens with zero attached hydrogens (tertiary/aromatic N) is 3. The highest BCUT2D eigenvalue weighted by Gasteiger charge is 2.26. The zero-order valence-electron chi connectivity index (χ0n) is 11.6. The molecule has 1 atom stereocenters. The van der Waals surface area contributed by atoms with Gasteiger partial charge in [-0.1, -0.05) is 19.3 Å². The number of aryl methyl sites for hydroxylation is 1. The van der Waals surface area contributed by atoms with Gasteiger partial charge >= 0.3 is 5.97 Å². The van der Waals surface area contributed by atoms with Crippen molar-refractivity contribution in [1.82, 2.24) is 14.5 Å². The van der Waals surface area contributed by atoms with E-state index >= 15 is 0 Å². The van der Waals surface area contributed by atoms with E-state index in [0.29, 0.717) is 0 Å². The van der Waals surface area contributed by atoms with Gasteiger partial charge in [0.25, 0.3) is 0 Å². The fourth-order valence-electron chi connectivity index (χ4n) is 2.77. The molecule has 1 fully saturated rings. The molecule has 1 unspecified atom stereocenters. The van der Waals surface area contributed by atoms with Gasteiger partial charge in [0.05, 0.1) is 0 Å². The van der Waals surface area contributed by atoms with Crippen molar-refractivity contribution in [1.29, 1.82) is 0 Å². The minimum atomic E-state index is -0.679. The minimum Gasteiger partial charge on any atom is -0.480 e. The number of carboxylic acid groups (broad SMARTS) is 1. The first-order valence-electron chi connectivity index (χ1n) is 7.11. The molecule has 0 aliphatic carbocycles. The largest absolute Gasteiger partial charge is 0.480 e. The van der Waals surface area contributed by atoms with E-state index in [4.69, 9.17) is 0 Å². The lowest BCUT2D eigenvalue weighted by molar-refractivity contribution is -0.143. The standard InChI is InChI=1S/C14H23N3O2/c1-16-11-8-15-13(16)7-10-17-9-5-3-2-4-6-12(17)14(18)19/h8,11-12H,2-7,9-10H2,1H3,(H,18,19). The third-order valence-electron chi connectivity index (χ3n) is 3.94. The highest BCUT2D eigenvalue weighted by molar-refractivity contribution is 5.73. The van der Waals surface area contributed by atoms with Gasteiger partial charge < -0.3 is 9.67 Å². The first-order valence-corrected chi connectivity index (χ1v) is 7.11. The minimum absolute atomic E-state index is 0.319. The number of hydrogen-bond donors (Lipinski definition) is 1. The SMILES string of the molecule is Cn1ccnc1CCN1CCCCCCC1C(=O)O. The molecule has 1 aliphatic rings. The average Bonchev–Trinajstić information content (AvgIpc) is 2.73. The normalized spacial score (nSPS) is 21.8. The number of rotatable bonds is 4. The van der Waals surface area contributed by atoms with Crippen LogP contribution in [0.25, 0.3) is 0 Å². The summed E-state index contributed by atoms with van der Waals surface area (Å²) in [5.74, 6) is 0.341. The summed E-state index contributed by atoms with van der Waals surface area (Å²) in [6.45, 7) is 1.67. The van der Waals surface area contributed by atoms with Crippen LogP contribution in [0, 0.1) is 0 Å². The fourth-order valence-corrected chi connectivity index (χ4v) is 2.77. The van der Waals surface area contributed by atoms with Crippen LogP contribution < -0.4 is 0 Å². The molecular weight excluding hydrogens is 242 g/mol. The second-order valence-electron chi connectivity index (χ2n) is 5.30. The Balaban J connectivity index is 1.97. The summed E-state index contributed by atoms with van der Waals surface area (Å²) >= 11 is 0. The molecule has 19 heavy (non-hydrogen) atoms. The van der Waals surface area contributed by atoms with Gasteiger partial charge in [0.1, 0.15) is 11.9 Å². The van der Waals surface area contributed by atoms with Gasteiger partial charge in [0.2, 0.25) is 0 Å². The van der Waals surface area contributed by atoms with E-state index in [1.54, 1.807) is 6.20 Å². The molecule has 5 nitrogen and oxygen atoms in total. The Hall–Kier alpha value is -1.36. The highest BCUT2D eigenvalue weighted by Crippen LogP contribution is 2.17. The Morgan fingerprint density at radius 1 is 1.42 bits per heavy atom. The van der Waals surface area contributed by atoms with E-state index < -0.39 is 5.97 Å². The van der Waals surface area contributed by atoms with Crippen molar-refractivity contribution in [3.63, 3.8) is 0 Å². The summed E-state index contributed by atoms with van der Waals surface area (Å²) in [4.78, 5) is 17.8. The van der Waals surface area contributed by atoms with Gasteiger partial charge in [-0.15, -0.1) is 0 Å². The molecule has 0 spiro atoms. The average molecular weight is 265 g/mol. The summed E-state index contributed by atoms with van der Waals surface area (Å²) in [5.41, 5.74) is 0. The predicted molar refractivity (Wildman–Crippen MR) is 73.0 cm³/mol. The predicted octanol–water partition coefficient (Wildman–Crippen LogP) is 1.68. The van der Waals surface area contributed by atoms with E-state index in [1.165, 1.54) is 6.42 Å². The summed E-state index contributed by atoms with van der Waals surface area (Å²) in [7, 11) is 1.98. The van der Waals surface area contributed by atoms with Gasteiger partial charge in [-0.25, -0.2) is 4.98 Å². The molecule has 2 heterocycles. The van der Waals surface area contributed by atoms with Crippen LogP contribution in [-0.2, 0) is 18.3 Å². The number of imidazole rings is 1. The number of carboxylic acids is 1. The molecule has 106 valence electrons. The van der Waals surface area contributed by atoms with Crippen molar-refractivity contribution >= 4 is 5.97 Å². The zero-order chi connectivity index (χ0) is 13.7. The second kappa shape index (κ2) is 6.70. The Bertz CT molecular complexity index is 417. The van der Waals surface area contributed by atoms with E-state index in [2.05, 4.69) is 9.88 Å². The zero-order valence-corrected chi connectivity index (χ0v) is 11.6. The Morgan fingerprint density at radius 3 is 2.89 bits per heavy atom. The van der Waals surface area contributed by atoms with Crippen LogP contribution in [0.1, 0.15) is 37.9 Å². The number of likely N-dealkylation sites (tertiary alicyclic amines) is 1. The molecule has 0 bridgehead atoms. The Labute approximate surface area is 114 Å². The molecule has 1 N–H and O–H groups in total. The number of aliphatic carboxylic acids is 1. The van der Waals surface area contributed by atoms with Crippen molar-refractivity contribution in [3.8, 4) is 0 Å². The van der Waals surface area contributed by atoms with Crippen LogP contribution in [0.4, 0.5) is 0 Å². The molecule has 0 amide bonds. The van der Waals surface area contributed by atoms with Crippen LogP contribution in [0.15, 0.2) is 12.4 Å². The summed E-state index contributed by atoms with van der Waals surface area (Å²) in [5, 5.41) is 9.37. The lowest BCUT2D eigenvalue weighted by Gasteiger charge is -2.30. The van der Waals surface area contributed by atoms with E-state index in [-0.39, 0.29) is 6.04 Å². The molecule has 1 aromatic heterocycles. The van der Waals surface area contributed by atoms with Crippen molar-refractivity contribution < 1.29 is 9.90 Å². The van der Waals surface area contributed by atoms with Crippen LogP contribution >= 0.6 is 0 Å². The van der Waals surface area contributed by atoms with Gasteiger partial charge in [0, 0.05) is 32.4 Å². The first-order chi connectivity index (χ1) is 9.18. The molecule has 0 radical (unpaired) electrons. The maximum atomic E-state index is 11.4. The fraction of sp³-hybridized carbons (Fsp3) is 0.714. The third kappa shape index (κ3) is 3.80. The van der Waals surface area contributed by atoms with Gasteiger partial charge in [0.15, 0.2) is 0 Å². The van der Waals surface area contributed by atoms with E-state index in [1.807, 2.05) is 17.8 Å². The highest BCUT2D eigenvalue weighted by atomic mass is 16.4. The monoisotopic (exact) mass is 265 g/mol. The topological polar surface area (TPSA) is 58.4 Å². The molecule has 0 saturated carbocycles. The van der Waals surface area contributed by atoms with Crippen LogP contribution in [0.2, 0.25) is 0 Å². The van der Waals surface area contributed by atoms with Crippen molar-refractivity contribution in [2.45, 2.75) is 44.6 Å². The maximum absolute atomic E-state index is 11.4. The Kier molecular flexibility index (Phi) is 4.96. The quantitative estimate of drug-likeness (QED) is 0.900. The molecule has 1 aromatic rings. The van der Waals surface area contributed by atoms with E-state index in [9.17, 15) is 9.90 Å². The first kappa shape index (κ1) is 14.1.